The zero-order valence-electron chi connectivity index (χ0n) is 14.7. The van der Waals surface area contributed by atoms with Crippen LogP contribution in [-0.4, -0.2) is 35.5 Å². The molecule has 138 valence electrons. The number of aromatic nitrogens is 2. The summed E-state index contributed by atoms with van der Waals surface area (Å²) in [6.07, 6.45) is 6.17. The summed E-state index contributed by atoms with van der Waals surface area (Å²) >= 11 is 12.0. The van der Waals surface area contributed by atoms with Crippen molar-refractivity contribution in [2.24, 2.45) is 5.92 Å². The van der Waals surface area contributed by atoms with E-state index in [2.05, 4.69) is 27.1 Å². The minimum Gasteiger partial charge on any atom is -0.355 e. The van der Waals surface area contributed by atoms with Gasteiger partial charge in [0.2, 0.25) is 0 Å². The Kier molecular flexibility index (Phi) is 6.33. The van der Waals surface area contributed by atoms with E-state index < -0.39 is 0 Å². The van der Waals surface area contributed by atoms with Gasteiger partial charge in [0.25, 0.3) is 5.91 Å². The summed E-state index contributed by atoms with van der Waals surface area (Å²) in [5, 5.41) is 4.05. The molecule has 1 aliphatic heterocycles. The van der Waals surface area contributed by atoms with Gasteiger partial charge in [-0.25, -0.2) is 9.97 Å². The van der Waals surface area contributed by atoms with Crippen LogP contribution in [-0.2, 0) is 6.42 Å². The van der Waals surface area contributed by atoms with Gasteiger partial charge in [0.15, 0.2) is 0 Å². The van der Waals surface area contributed by atoms with Gasteiger partial charge in [0, 0.05) is 29.7 Å². The fourth-order valence-corrected chi connectivity index (χ4v) is 3.47. The fourth-order valence-electron chi connectivity index (χ4n) is 2.97. The van der Waals surface area contributed by atoms with Crippen LogP contribution in [0, 0.1) is 5.92 Å². The molecule has 1 aliphatic rings. The number of amides is 1. The van der Waals surface area contributed by atoms with E-state index in [4.69, 9.17) is 23.2 Å². The maximum atomic E-state index is 12.2. The predicted molar refractivity (Wildman–Crippen MR) is 105 cm³/mol. The first-order valence-corrected chi connectivity index (χ1v) is 9.57. The minimum atomic E-state index is -0.235. The summed E-state index contributed by atoms with van der Waals surface area (Å²) in [5.41, 5.74) is 1.26. The molecule has 1 amide bonds. The van der Waals surface area contributed by atoms with E-state index >= 15 is 0 Å². The molecule has 0 unspecified atom stereocenters. The number of hydrogen-bond donors (Lipinski definition) is 1. The third kappa shape index (κ3) is 4.86. The van der Waals surface area contributed by atoms with Crippen molar-refractivity contribution < 1.29 is 4.79 Å². The van der Waals surface area contributed by atoms with Crippen molar-refractivity contribution in [2.45, 2.75) is 26.2 Å². The lowest BCUT2D eigenvalue weighted by atomic mass is 9.99. The molecule has 0 bridgehead atoms. The quantitative estimate of drug-likeness (QED) is 0.835. The van der Waals surface area contributed by atoms with Crippen LogP contribution in [0.3, 0.4) is 0 Å². The number of piperidine rings is 1. The minimum absolute atomic E-state index is 0.235. The van der Waals surface area contributed by atoms with Gasteiger partial charge in [0.05, 0.1) is 12.4 Å². The highest BCUT2D eigenvalue weighted by Gasteiger charge is 2.17. The van der Waals surface area contributed by atoms with Gasteiger partial charge in [-0.05, 0) is 42.9 Å². The average molecular weight is 393 g/mol. The Bertz CT molecular complexity index is 759. The van der Waals surface area contributed by atoms with E-state index in [1.807, 2.05) is 6.07 Å². The Morgan fingerprint density at radius 1 is 1.23 bits per heavy atom. The molecule has 0 aliphatic carbocycles. The average Bonchev–Trinajstić information content (AvgIpc) is 2.64. The summed E-state index contributed by atoms with van der Waals surface area (Å²) in [4.78, 5) is 23.1. The van der Waals surface area contributed by atoms with E-state index in [1.54, 1.807) is 18.3 Å². The highest BCUT2D eigenvalue weighted by Crippen LogP contribution is 2.22. The topological polar surface area (TPSA) is 58.1 Å². The SMILES string of the molecule is CC1CCN(c2cnc(C(=O)NCCc3ccc(Cl)cc3Cl)cn2)CC1. The number of hydrogen-bond acceptors (Lipinski definition) is 4. The maximum absolute atomic E-state index is 12.2. The molecule has 0 spiro atoms. The molecule has 1 aromatic heterocycles. The normalized spacial score (nSPS) is 15.1. The molecule has 7 heteroatoms. The van der Waals surface area contributed by atoms with E-state index in [-0.39, 0.29) is 5.91 Å². The highest BCUT2D eigenvalue weighted by atomic mass is 35.5. The van der Waals surface area contributed by atoms with E-state index in [1.165, 1.54) is 6.20 Å². The van der Waals surface area contributed by atoms with Crippen molar-refractivity contribution in [2.75, 3.05) is 24.5 Å². The third-order valence-corrected chi connectivity index (χ3v) is 5.26. The van der Waals surface area contributed by atoms with Crippen molar-refractivity contribution in [1.82, 2.24) is 15.3 Å². The van der Waals surface area contributed by atoms with Crippen molar-refractivity contribution in [3.63, 3.8) is 0 Å². The van der Waals surface area contributed by atoms with Gasteiger partial charge >= 0.3 is 0 Å². The van der Waals surface area contributed by atoms with Gasteiger partial charge in [0.1, 0.15) is 11.5 Å². The molecular formula is C19H22Cl2N4O. The standard InChI is InChI=1S/C19H22Cl2N4O/c1-13-5-8-25(9-6-13)18-12-23-17(11-24-18)19(26)22-7-4-14-2-3-15(20)10-16(14)21/h2-3,10-13H,4-9H2,1H3,(H,22,26). The zero-order chi connectivity index (χ0) is 18.5. The number of nitrogens with one attached hydrogen (secondary N) is 1. The number of halogens is 2. The first kappa shape index (κ1) is 18.9. The number of carbonyl (C=O) groups excluding carboxylic acids is 1. The molecule has 1 fully saturated rings. The highest BCUT2D eigenvalue weighted by molar-refractivity contribution is 6.35. The lowest BCUT2D eigenvalue weighted by Crippen LogP contribution is -2.33. The van der Waals surface area contributed by atoms with E-state index in [9.17, 15) is 4.79 Å². The molecule has 0 atom stereocenters. The smallest absolute Gasteiger partial charge is 0.271 e. The molecule has 2 heterocycles. The second-order valence-corrected chi connectivity index (χ2v) is 7.51. The lowest BCUT2D eigenvalue weighted by Gasteiger charge is -2.30. The summed E-state index contributed by atoms with van der Waals surface area (Å²) in [5.74, 6) is 1.36. The number of benzene rings is 1. The van der Waals surface area contributed by atoms with Crippen molar-refractivity contribution in [3.05, 3.63) is 51.9 Å². The van der Waals surface area contributed by atoms with E-state index in [0.29, 0.717) is 28.7 Å². The number of carbonyl (C=O) groups is 1. The first-order valence-electron chi connectivity index (χ1n) is 8.82. The van der Waals surface area contributed by atoms with Gasteiger partial charge < -0.3 is 10.2 Å². The van der Waals surface area contributed by atoms with Crippen LogP contribution in [0.5, 0.6) is 0 Å². The summed E-state index contributed by atoms with van der Waals surface area (Å²) in [6, 6.07) is 5.35. The van der Waals surface area contributed by atoms with E-state index in [0.717, 1.165) is 43.2 Å². The Morgan fingerprint density at radius 3 is 2.65 bits per heavy atom. The molecule has 5 nitrogen and oxygen atoms in total. The van der Waals surface area contributed by atoms with Crippen LogP contribution >= 0.6 is 23.2 Å². The molecule has 1 aromatic carbocycles. The Hall–Kier alpha value is -1.85. The number of rotatable bonds is 5. The monoisotopic (exact) mass is 392 g/mol. The van der Waals surface area contributed by atoms with Crippen molar-refractivity contribution in [3.8, 4) is 0 Å². The second kappa shape index (κ2) is 8.69. The third-order valence-electron chi connectivity index (χ3n) is 4.67. The largest absolute Gasteiger partial charge is 0.355 e. The predicted octanol–water partition coefficient (Wildman–Crippen LogP) is 3.99. The molecule has 0 saturated carbocycles. The molecule has 26 heavy (non-hydrogen) atoms. The van der Waals surface area contributed by atoms with Crippen LogP contribution in [0.25, 0.3) is 0 Å². The van der Waals surface area contributed by atoms with Gasteiger partial charge in [-0.1, -0.05) is 36.2 Å². The van der Waals surface area contributed by atoms with Crippen LogP contribution < -0.4 is 10.2 Å². The molecule has 3 rings (SSSR count). The van der Waals surface area contributed by atoms with Crippen molar-refractivity contribution >= 4 is 34.9 Å². The number of anilines is 1. The Morgan fingerprint density at radius 2 is 2.00 bits per heavy atom. The molecule has 1 N–H and O–H groups in total. The number of nitrogens with zero attached hydrogens (tertiary/aromatic N) is 3. The fraction of sp³-hybridized carbons (Fsp3) is 0.421. The van der Waals surface area contributed by atoms with Gasteiger partial charge in [-0.3, -0.25) is 4.79 Å². The summed E-state index contributed by atoms with van der Waals surface area (Å²) in [7, 11) is 0. The zero-order valence-corrected chi connectivity index (χ0v) is 16.2. The Balaban J connectivity index is 1.51. The molecule has 0 radical (unpaired) electrons. The van der Waals surface area contributed by atoms with Crippen LogP contribution in [0.1, 0.15) is 35.8 Å². The van der Waals surface area contributed by atoms with Crippen LogP contribution in [0.4, 0.5) is 5.82 Å². The van der Waals surface area contributed by atoms with Gasteiger partial charge in [-0.15, -0.1) is 0 Å². The lowest BCUT2D eigenvalue weighted by molar-refractivity contribution is 0.0949. The summed E-state index contributed by atoms with van der Waals surface area (Å²) < 4.78 is 0. The molecule has 1 saturated heterocycles. The molecular weight excluding hydrogens is 371 g/mol. The maximum Gasteiger partial charge on any atom is 0.271 e. The summed E-state index contributed by atoms with van der Waals surface area (Å²) in [6.45, 7) is 4.72. The van der Waals surface area contributed by atoms with Crippen LogP contribution in [0.2, 0.25) is 10.0 Å². The van der Waals surface area contributed by atoms with Crippen LogP contribution in [0.15, 0.2) is 30.6 Å². The van der Waals surface area contributed by atoms with Crippen molar-refractivity contribution in [1.29, 1.82) is 0 Å². The molecule has 2 aromatic rings. The second-order valence-electron chi connectivity index (χ2n) is 6.67. The first-order chi connectivity index (χ1) is 12.5. The van der Waals surface area contributed by atoms with Gasteiger partial charge in [-0.2, -0.15) is 0 Å². The Labute approximate surface area is 163 Å².